The Balaban J connectivity index is 1.69. The van der Waals surface area contributed by atoms with Crippen molar-refractivity contribution in [2.75, 3.05) is 13.6 Å². The summed E-state index contributed by atoms with van der Waals surface area (Å²) in [5.41, 5.74) is 2.37. The van der Waals surface area contributed by atoms with Gasteiger partial charge >= 0.3 is 0 Å². The zero-order valence-corrected chi connectivity index (χ0v) is 12.7. The molecule has 0 bridgehead atoms. The van der Waals surface area contributed by atoms with Gasteiger partial charge in [-0.25, -0.2) is 4.98 Å². The smallest absolute Gasteiger partial charge is 0.0965 e. The first-order valence-corrected chi connectivity index (χ1v) is 7.90. The molecule has 20 heavy (non-hydrogen) atoms. The number of aliphatic hydroxyl groups is 1. The van der Waals surface area contributed by atoms with E-state index in [0.717, 1.165) is 18.5 Å². The summed E-state index contributed by atoms with van der Waals surface area (Å²) in [7, 11) is 2.10. The van der Waals surface area contributed by atoms with Crippen molar-refractivity contribution in [2.45, 2.75) is 31.4 Å². The number of hydrogen-bond acceptors (Lipinski definition) is 4. The van der Waals surface area contributed by atoms with Crippen molar-refractivity contribution in [3.63, 3.8) is 0 Å². The van der Waals surface area contributed by atoms with Gasteiger partial charge in [0.25, 0.3) is 0 Å². The quantitative estimate of drug-likeness (QED) is 0.940. The lowest BCUT2D eigenvalue weighted by Gasteiger charge is -2.29. The third kappa shape index (κ3) is 2.51. The molecule has 0 amide bonds. The molecule has 3 nitrogen and oxygen atoms in total. The fourth-order valence-corrected chi connectivity index (χ4v) is 3.76. The van der Waals surface area contributed by atoms with Crippen molar-refractivity contribution >= 4 is 11.3 Å². The zero-order chi connectivity index (χ0) is 14.1. The summed E-state index contributed by atoms with van der Waals surface area (Å²) in [6.45, 7) is 3.12. The molecule has 0 aliphatic heterocycles. The van der Waals surface area contributed by atoms with E-state index in [0.29, 0.717) is 5.92 Å². The minimum atomic E-state index is -0.375. The number of thiazole rings is 1. The molecule has 1 aliphatic carbocycles. The van der Waals surface area contributed by atoms with Crippen LogP contribution in [-0.4, -0.2) is 34.6 Å². The second-order valence-electron chi connectivity index (χ2n) is 5.63. The van der Waals surface area contributed by atoms with Gasteiger partial charge in [-0.05, 0) is 24.6 Å². The van der Waals surface area contributed by atoms with Gasteiger partial charge in [0.2, 0.25) is 0 Å². The van der Waals surface area contributed by atoms with Gasteiger partial charge < -0.3 is 5.11 Å². The van der Waals surface area contributed by atoms with Crippen LogP contribution in [0, 0.1) is 0 Å². The van der Waals surface area contributed by atoms with Gasteiger partial charge in [0.1, 0.15) is 0 Å². The number of rotatable bonds is 4. The topological polar surface area (TPSA) is 36.4 Å². The highest BCUT2D eigenvalue weighted by Crippen LogP contribution is 2.34. The lowest BCUT2D eigenvalue weighted by Crippen LogP contribution is -2.37. The number of fused-ring (bicyclic) bond motifs is 1. The van der Waals surface area contributed by atoms with Crippen LogP contribution in [0.5, 0.6) is 0 Å². The van der Waals surface area contributed by atoms with E-state index < -0.39 is 0 Å². The average Bonchev–Trinajstić information content (AvgIpc) is 3.07. The van der Waals surface area contributed by atoms with Crippen molar-refractivity contribution in [1.29, 1.82) is 0 Å². The van der Waals surface area contributed by atoms with Gasteiger partial charge in [0, 0.05) is 30.1 Å². The number of hydrogen-bond donors (Lipinski definition) is 1. The molecule has 0 saturated carbocycles. The molecule has 1 aromatic heterocycles. The maximum Gasteiger partial charge on any atom is 0.0965 e. The van der Waals surface area contributed by atoms with Crippen molar-refractivity contribution < 1.29 is 5.11 Å². The summed E-state index contributed by atoms with van der Waals surface area (Å²) in [4.78, 5) is 6.66. The molecule has 3 atom stereocenters. The summed E-state index contributed by atoms with van der Waals surface area (Å²) in [5.74, 6) is 0.399. The van der Waals surface area contributed by atoms with Crippen LogP contribution in [0.2, 0.25) is 0 Å². The Morgan fingerprint density at radius 2 is 2.25 bits per heavy atom. The van der Waals surface area contributed by atoms with Crippen molar-refractivity contribution in [3.8, 4) is 0 Å². The minimum absolute atomic E-state index is 0.176. The van der Waals surface area contributed by atoms with Gasteiger partial charge in [0.15, 0.2) is 0 Å². The fourth-order valence-electron chi connectivity index (χ4n) is 3.07. The molecule has 1 heterocycles. The summed E-state index contributed by atoms with van der Waals surface area (Å²) in [6, 6.07) is 8.39. The first-order valence-electron chi connectivity index (χ1n) is 7.02. The number of aromatic nitrogens is 1. The van der Waals surface area contributed by atoms with Gasteiger partial charge in [-0.3, -0.25) is 4.90 Å². The van der Waals surface area contributed by atoms with E-state index in [2.05, 4.69) is 29.9 Å². The van der Waals surface area contributed by atoms with Gasteiger partial charge in [-0.15, -0.1) is 11.3 Å². The second kappa shape index (κ2) is 5.64. The molecule has 0 spiro atoms. The van der Waals surface area contributed by atoms with Crippen LogP contribution in [0.25, 0.3) is 0 Å². The Hall–Kier alpha value is -1.23. The van der Waals surface area contributed by atoms with Gasteiger partial charge in [-0.1, -0.05) is 31.2 Å². The molecule has 3 rings (SSSR count). The summed E-state index contributed by atoms with van der Waals surface area (Å²) in [5, 5.41) is 13.7. The van der Waals surface area contributed by atoms with Gasteiger partial charge in [-0.2, -0.15) is 0 Å². The van der Waals surface area contributed by atoms with Gasteiger partial charge in [0.05, 0.1) is 11.1 Å². The zero-order valence-electron chi connectivity index (χ0n) is 11.9. The summed E-state index contributed by atoms with van der Waals surface area (Å²) < 4.78 is 0. The third-order valence-corrected chi connectivity index (χ3v) is 5.18. The molecule has 3 unspecified atom stereocenters. The molecule has 1 aromatic carbocycles. The van der Waals surface area contributed by atoms with Crippen molar-refractivity contribution in [1.82, 2.24) is 9.88 Å². The predicted octanol–water partition coefficient (Wildman–Crippen LogP) is 2.84. The monoisotopic (exact) mass is 288 g/mol. The normalized spacial score (nSPS) is 23.0. The van der Waals surface area contributed by atoms with Crippen molar-refractivity contribution in [3.05, 3.63) is 52.0 Å². The molecule has 2 aromatic rings. The summed E-state index contributed by atoms with van der Waals surface area (Å²) >= 11 is 1.70. The van der Waals surface area contributed by atoms with E-state index in [-0.39, 0.29) is 12.1 Å². The minimum Gasteiger partial charge on any atom is -0.387 e. The van der Waals surface area contributed by atoms with Crippen LogP contribution < -0.4 is 0 Å². The Bertz CT molecular complexity index is 570. The maximum atomic E-state index is 10.5. The molecule has 0 fully saturated rings. The standard InChI is InChI=1S/C16H20N2OS/c1-11(16-17-7-8-20-16)10-18(2)14-9-12-5-3-4-6-13(12)15(14)19/h3-8,11,14-15,19H,9-10H2,1-2H3. The Kier molecular flexibility index (Phi) is 3.87. The maximum absolute atomic E-state index is 10.5. The van der Waals surface area contributed by atoms with E-state index in [1.54, 1.807) is 11.3 Å². The van der Waals surface area contributed by atoms with Crippen molar-refractivity contribution in [2.24, 2.45) is 0 Å². The first kappa shape index (κ1) is 13.7. The molecule has 4 heteroatoms. The van der Waals surface area contributed by atoms with E-state index in [1.807, 2.05) is 29.8 Å². The van der Waals surface area contributed by atoms with E-state index in [1.165, 1.54) is 10.6 Å². The molecule has 1 aliphatic rings. The van der Waals surface area contributed by atoms with Crippen LogP contribution in [0.1, 0.15) is 35.1 Å². The van der Waals surface area contributed by atoms with Crippen LogP contribution in [0.3, 0.4) is 0 Å². The molecular formula is C16H20N2OS. The van der Waals surface area contributed by atoms with Crippen LogP contribution in [-0.2, 0) is 6.42 Å². The van der Waals surface area contributed by atoms with E-state index >= 15 is 0 Å². The molecule has 0 radical (unpaired) electrons. The molecule has 1 N–H and O–H groups in total. The highest BCUT2D eigenvalue weighted by Gasteiger charge is 2.33. The van der Waals surface area contributed by atoms with E-state index in [4.69, 9.17) is 0 Å². The Morgan fingerprint density at radius 1 is 1.45 bits per heavy atom. The predicted molar refractivity (Wildman–Crippen MR) is 82.1 cm³/mol. The molecule has 0 saturated heterocycles. The number of likely N-dealkylation sites (N-methyl/N-ethyl adjacent to an activating group) is 1. The number of nitrogens with zero attached hydrogens (tertiary/aromatic N) is 2. The summed E-state index contributed by atoms with van der Waals surface area (Å²) in [6.07, 6.45) is 2.41. The molecule has 106 valence electrons. The number of benzene rings is 1. The SMILES string of the molecule is CC(CN(C)C1Cc2ccccc2C1O)c1nccs1. The number of aliphatic hydroxyl groups excluding tert-OH is 1. The first-order chi connectivity index (χ1) is 9.66. The van der Waals surface area contributed by atoms with Crippen LogP contribution >= 0.6 is 11.3 Å². The Labute approximate surface area is 123 Å². The fraction of sp³-hybridized carbons (Fsp3) is 0.438. The largest absolute Gasteiger partial charge is 0.387 e. The molecular weight excluding hydrogens is 268 g/mol. The third-order valence-electron chi connectivity index (χ3n) is 4.17. The second-order valence-corrected chi connectivity index (χ2v) is 6.55. The van der Waals surface area contributed by atoms with E-state index in [9.17, 15) is 5.11 Å². The average molecular weight is 288 g/mol. The van der Waals surface area contributed by atoms with Crippen LogP contribution in [0.4, 0.5) is 0 Å². The lowest BCUT2D eigenvalue weighted by atomic mass is 10.1. The highest BCUT2D eigenvalue weighted by atomic mass is 32.1. The lowest BCUT2D eigenvalue weighted by molar-refractivity contribution is 0.0734. The van der Waals surface area contributed by atoms with Crippen LogP contribution in [0.15, 0.2) is 35.8 Å². The Morgan fingerprint density at radius 3 is 2.95 bits per heavy atom. The highest BCUT2D eigenvalue weighted by molar-refractivity contribution is 7.09.